The number of hydrogen-bond donors (Lipinski definition) is 0. The summed E-state index contributed by atoms with van der Waals surface area (Å²) in [6, 6.07) is 2.45. The number of aryl methyl sites for hydroxylation is 4. The summed E-state index contributed by atoms with van der Waals surface area (Å²) < 4.78 is 42.6. The van der Waals surface area contributed by atoms with E-state index in [-0.39, 0.29) is 5.65 Å². The standard InChI is InChI=1S/C17H20F3N7/c1-11-5-6-12(17(18,19)20)15-21-13(23-27(11)15)7-8-14-22-16(24-25(14)2)26-9-3-4-10-26/h5-6H,3-4,7-10H2,1-2H3. The van der Waals surface area contributed by atoms with E-state index in [0.717, 1.165) is 37.8 Å². The number of pyridine rings is 1. The third-order valence-corrected chi connectivity index (χ3v) is 4.83. The third-order valence-electron chi connectivity index (χ3n) is 4.83. The molecule has 0 spiro atoms. The Kier molecular flexibility index (Phi) is 4.27. The van der Waals surface area contributed by atoms with Gasteiger partial charge in [-0.1, -0.05) is 0 Å². The average molecular weight is 379 g/mol. The maximum absolute atomic E-state index is 13.2. The second-order valence-corrected chi connectivity index (χ2v) is 6.80. The fraction of sp³-hybridized carbons (Fsp3) is 0.529. The van der Waals surface area contributed by atoms with Crippen LogP contribution in [0.5, 0.6) is 0 Å². The van der Waals surface area contributed by atoms with Crippen molar-refractivity contribution in [1.82, 2.24) is 29.4 Å². The van der Waals surface area contributed by atoms with Gasteiger partial charge in [0, 0.05) is 38.7 Å². The van der Waals surface area contributed by atoms with Crippen molar-refractivity contribution in [2.45, 2.75) is 38.8 Å². The molecule has 0 N–H and O–H groups in total. The minimum absolute atomic E-state index is 0.159. The fourth-order valence-electron chi connectivity index (χ4n) is 3.35. The van der Waals surface area contributed by atoms with Crippen molar-refractivity contribution in [2.75, 3.05) is 18.0 Å². The van der Waals surface area contributed by atoms with Gasteiger partial charge in [-0.05, 0) is 31.9 Å². The Balaban J connectivity index is 1.57. The van der Waals surface area contributed by atoms with Gasteiger partial charge in [-0.15, -0.1) is 5.10 Å². The Morgan fingerprint density at radius 1 is 1.04 bits per heavy atom. The van der Waals surface area contributed by atoms with Crippen LogP contribution in [0, 0.1) is 6.92 Å². The van der Waals surface area contributed by atoms with E-state index < -0.39 is 11.7 Å². The van der Waals surface area contributed by atoms with Gasteiger partial charge in [0.1, 0.15) is 11.4 Å². The molecule has 1 saturated heterocycles. The van der Waals surface area contributed by atoms with Crippen molar-refractivity contribution in [2.24, 2.45) is 7.05 Å². The van der Waals surface area contributed by atoms with Crippen LogP contribution in [0.2, 0.25) is 0 Å². The zero-order chi connectivity index (χ0) is 19.2. The van der Waals surface area contributed by atoms with Crippen LogP contribution in [0.25, 0.3) is 5.65 Å². The summed E-state index contributed by atoms with van der Waals surface area (Å²) in [5.74, 6) is 1.84. The van der Waals surface area contributed by atoms with Gasteiger partial charge in [-0.2, -0.15) is 23.3 Å². The summed E-state index contributed by atoms with van der Waals surface area (Å²) in [7, 11) is 1.82. The minimum atomic E-state index is -4.46. The van der Waals surface area contributed by atoms with E-state index in [0.29, 0.717) is 30.3 Å². The first kappa shape index (κ1) is 17.7. The maximum atomic E-state index is 13.2. The van der Waals surface area contributed by atoms with Gasteiger partial charge in [0.15, 0.2) is 11.5 Å². The normalized spacial score (nSPS) is 15.2. The molecule has 7 nitrogen and oxygen atoms in total. The van der Waals surface area contributed by atoms with E-state index in [4.69, 9.17) is 0 Å². The zero-order valence-corrected chi connectivity index (χ0v) is 15.2. The predicted molar refractivity (Wildman–Crippen MR) is 92.6 cm³/mol. The number of nitrogens with zero attached hydrogens (tertiary/aromatic N) is 7. The lowest BCUT2D eigenvalue weighted by molar-refractivity contribution is -0.136. The predicted octanol–water partition coefficient (Wildman–Crippen LogP) is 2.57. The molecule has 0 unspecified atom stereocenters. The number of hydrogen-bond acceptors (Lipinski definition) is 5. The summed E-state index contributed by atoms with van der Waals surface area (Å²) >= 11 is 0. The molecule has 3 aromatic rings. The van der Waals surface area contributed by atoms with Crippen LogP contribution in [0.15, 0.2) is 12.1 Å². The number of anilines is 1. The SMILES string of the molecule is Cc1ccc(C(F)(F)F)c2nc(CCc3nc(N4CCCC4)nn3C)nn12. The van der Waals surface area contributed by atoms with E-state index in [1.807, 2.05) is 7.05 Å². The molecule has 10 heteroatoms. The Morgan fingerprint density at radius 3 is 2.48 bits per heavy atom. The second-order valence-electron chi connectivity index (χ2n) is 6.80. The van der Waals surface area contributed by atoms with E-state index in [2.05, 4.69) is 25.1 Å². The summed E-state index contributed by atoms with van der Waals surface area (Å²) in [5, 5.41) is 8.70. The van der Waals surface area contributed by atoms with Crippen LogP contribution in [0.4, 0.5) is 19.1 Å². The molecule has 27 heavy (non-hydrogen) atoms. The molecule has 0 bridgehead atoms. The molecule has 0 atom stereocenters. The van der Waals surface area contributed by atoms with Gasteiger partial charge in [0.25, 0.3) is 0 Å². The Bertz CT molecular complexity index is 967. The van der Waals surface area contributed by atoms with E-state index in [9.17, 15) is 13.2 Å². The third kappa shape index (κ3) is 3.35. The lowest BCUT2D eigenvalue weighted by atomic mass is 10.2. The summed E-state index contributed by atoms with van der Waals surface area (Å²) in [6.07, 6.45) is -1.29. The molecule has 4 rings (SSSR count). The van der Waals surface area contributed by atoms with Gasteiger partial charge in [-0.3, -0.25) is 4.68 Å². The molecular weight excluding hydrogens is 359 g/mol. The number of fused-ring (bicyclic) bond motifs is 1. The lowest BCUT2D eigenvalue weighted by Crippen LogP contribution is -2.19. The van der Waals surface area contributed by atoms with E-state index in [1.54, 1.807) is 11.6 Å². The van der Waals surface area contributed by atoms with Crippen molar-refractivity contribution in [3.8, 4) is 0 Å². The molecule has 0 aromatic carbocycles. The van der Waals surface area contributed by atoms with Crippen molar-refractivity contribution in [3.63, 3.8) is 0 Å². The molecule has 3 aromatic heterocycles. The van der Waals surface area contributed by atoms with Crippen molar-refractivity contribution >= 4 is 11.6 Å². The van der Waals surface area contributed by atoms with Gasteiger partial charge < -0.3 is 4.90 Å². The first-order valence-corrected chi connectivity index (χ1v) is 8.90. The van der Waals surface area contributed by atoms with Crippen LogP contribution in [-0.2, 0) is 26.1 Å². The molecule has 0 saturated carbocycles. The number of alkyl halides is 3. The molecule has 0 aliphatic carbocycles. The van der Waals surface area contributed by atoms with E-state index >= 15 is 0 Å². The maximum Gasteiger partial charge on any atom is 0.420 e. The second kappa shape index (κ2) is 6.50. The Hall–Kier alpha value is -2.65. The summed E-state index contributed by atoms with van der Waals surface area (Å²) in [6.45, 7) is 3.62. The minimum Gasteiger partial charge on any atom is -0.340 e. The van der Waals surface area contributed by atoms with Crippen LogP contribution < -0.4 is 4.90 Å². The Morgan fingerprint density at radius 2 is 1.78 bits per heavy atom. The quantitative estimate of drug-likeness (QED) is 0.697. The highest BCUT2D eigenvalue weighted by atomic mass is 19.4. The smallest absolute Gasteiger partial charge is 0.340 e. The van der Waals surface area contributed by atoms with Crippen molar-refractivity contribution < 1.29 is 13.2 Å². The molecular formula is C17H20F3N7. The van der Waals surface area contributed by atoms with Crippen LogP contribution in [0.3, 0.4) is 0 Å². The first-order chi connectivity index (χ1) is 12.8. The van der Waals surface area contributed by atoms with Crippen molar-refractivity contribution in [3.05, 3.63) is 35.0 Å². The van der Waals surface area contributed by atoms with Crippen LogP contribution in [0.1, 0.15) is 35.7 Å². The zero-order valence-electron chi connectivity index (χ0n) is 15.2. The van der Waals surface area contributed by atoms with Gasteiger partial charge in [-0.25, -0.2) is 9.50 Å². The molecule has 1 aliphatic rings. The molecule has 1 aliphatic heterocycles. The largest absolute Gasteiger partial charge is 0.420 e. The van der Waals surface area contributed by atoms with Crippen LogP contribution >= 0.6 is 0 Å². The molecule has 0 radical (unpaired) electrons. The van der Waals surface area contributed by atoms with Crippen LogP contribution in [-0.4, -0.2) is 42.5 Å². The fourth-order valence-corrected chi connectivity index (χ4v) is 3.35. The molecule has 1 fully saturated rings. The highest BCUT2D eigenvalue weighted by molar-refractivity contribution is 5.50. The number of aromatic nitrogens is 6. The molecule has 0 amide bonds. The van der Waals surface area contributed by atoms with Gasteiger partial charge >= 0.3 is 6.18 Å². The Labute approximate surface area is 153 Å². The topological polar surface area (TPSA) is 64.1 Å². The lowest BCUT2D eigenvalue weighted by Gasteiger charge is -2.10. The summed E-state index contributed by atoms with van der Waals surface area (Å²) in [5.41, 5.74) is -0.332. The summed E-state index contributed by atoms with van der Waals surface area (Å²) in [4.78, 5) is 10.8. The monoisotopic (exact) mass is 379 g/mol. The highest BCUT2D eigenvalue weighted by Crippen LogP contribution is 2.32. The molecule has 144 valence electrons. The average Bonchev–Trinajstić information content (AvgIpc) is 3.31. The van der Waals surface area contributed by atoms with Gasteiger partial charge in [0.2, 0.25) is 5.95 Å². The first-order valence-electron chi connectivity index (χ1n) is 8.90. The molecule has 4 heterocycles. The number of rotatable bonds is 4. The number of halogens is 3. The van der Waals surface area contributed by atoms with Crippen molar-refractivity contribution in [1.29, 1.82) is 0 Å². The van der Waals surface area contributed by atoms with E-state index in [1.165, 1.54) is 10.6 Å². The van der Waals surface area contributed by atoms with Gasteiger partial charge in [0.05, 0.1) is 0 Å². The highest BCUT2D eigenvalue weighted by Gasteiger charge is 2.34.